The van der Waals surface area contributed by atoms with Crippen LogP contribution in [0.25, 0.3) is 5.69 Å². The van der Waals surface area contributed by atoms with Crippen LogP contribution in [0.4, 0.5) is 5.82 Å². The zero-order valence-corrected chi connectivity index (χ0v) is 18.8. The Morgan fingerprint density at radius 2 is 1.57 bits per heavy atom. The fourth-order valence-electron chi connectivity index (χ4n) is 3.92. The zero-order chi connectivity index (χ0) is 20.7. The van der Waals surface area contributed by atoms with E-state index in [0.717, 1.165) is 54.2 Å². The second kappa shape index (κ2) is 7.75. The molecular weight excluding hydrogens is 413 g/mol. The molecule has 0 aliphatic carbocycles. The Morgan fingerprint density at radius 3 is 2.23 bits per heavy atom. The molecule has 5 rings (SSSR count). The minimum absolute atomic E-state index is 0.586. The minimum Gasteiger partial charge on any atom is -0.431 e. The van der Waals surface area contributed by atoms with Crippen molar-refractivity contribution in [1.29, 1.82) is 0 Å². The van der Waals surface area contributed by atoms with Crippen LogP contribution in [0.5, 0.6) is 0 Å². The number of benzene rings is 2. The zero-order valence-electron chi connectivity index (χ0n) is 17.1. The van der Waals surface area contributed by atoms with Gasteiger partial charge in [-0.05, 0) is 50.0 Å². The average molecular weight is 438 g/mol. The summed E-state index contributed by atoms with van der Waals surface area (Å²) in [5, 5.41) is 5.83. The van der Waals surface area contributed by atoms with Gasteiger partial charge in [-0.2, -0.15) is 10.1 Å². The van der Waals surface area contributed by atoms with Crippen molar-refractivity contribution in [2.75, 3.05) is 33.2 Å². The first kappa shape index (κ1) is 19.6. The van der Waals surface area contributed by atoms with Gasteiger partial charge in [0.05, 0.1) is 11.4 Å². The van der Waals surface area contributed by atoms with Crippen LogP contribution in [0.1, 0.15) is 11.3 Å². The maximum atomic E-state index is 6.62. The minimum atomic E-state index is -2.54. The van der Waals surface area contributed by atoms with Crippen LogP contribution in [-0.2, 0) is 16.3 Å². The van der Waals surface area contributed by atoms with Crippen LogP contribution in [0, 0.1) is 6.92 Å². The van der Waals surface area contributed by atoms with Gasteiger partial charge >= 0.3 is 0 Å². The topological polar surface area (TPSA) is 45.9 Å². The first-order valence-corrected chi connectivity index (χ1v) is 12.8. The molecule has 6 nitrogen and oxygen atoms in total. The summed E-state index contributed by atoms with van der Waals surface area (Å²) >= 11 is 6.36. The highest BCUT2D eigenvalue weighted by Crippen LogP contribution is 2.56. The third-order valence-electron chi connectivity index (χ3n) is 5.58. The lowest BCUT2D eigenvalue weighted by Crippen LogP contribution is -2.45. The number of piperazine rings is 1. The normalized spacial score (nSPS) is 22.3. The smallest absolute Gasteiger partial charge is 0.227 e. The number of hydrogen-bond acceptors (Lipinski definition) is 5. The van der Waals surface area contributed by atoms with Gasteiger partial charge in [0.15, 0.2) is 5.82 Å². The molecule has 0 saturated carbocycles. The predicted octanol–water partition coefficient (Wildman–Crippen LogP) is 3.47. The molecule has 154 valence electrons. The van der Waals surface area contributed by atoms with Gasteiger partial charge in [0.1, 0.15) is 5.30 Å². The second-order valence-corrected chi connectivity index (χ2v) is 11.4. The molecule has 1 aromatic heterocycles. The first-order chi connectivity index (χ1) is 14.6. The van der Waals surface area contributed by atoms with Gasteiger partial charge in [0.2, 0.25) is 12.3 Å². The molecule has 0 spiro atoms. The molecule has 2 aromatic carbocycles. The predicted molar refractivity (Wildman–Crippen MR) is 125 cm³/mol. The number of aryl methyl sites for hydroxylation is 1. The molecule has 0 bridgehead atoms. The maximum absolute atomic E-state index is 6.62. The average Bonchev–Trinajstić information content (AvgIpc) is 3.12. The highest BCUT2D eigenvalue weighted by atomic mass is 32.4. The van der Waals surface area contributed by atoms with E-state index in [0.29, 0.717) is 5.90 Å². The Balaban J connectivity index is 1.70. The molecule has 2 aliphatic rings. The Bertz CT molecular complexity index is 1140. The largest absolute Gasteiger partial charge is 0.431 e. The van der Waals surface area contributed by atoms with Crippen LogP contribution >= 0.6 is 6.42 Å². The van der Waals surface area contributed by atoms with E-state index in [4.69, 9.17) is 26.4 Å². The first-order valence-electron chi connectivity index (χ1n) is 10.1. The van der Waals surface area contributed by atoms with E-state index in [1.165, 1.54) is 0 Å². The summed E-state index contributed by atoms with van der Waals surface area (Å²) in [5.41, 5.74) is 2.80. The second-order valence-electron chi connectivity index (χ2n) is 7.66. The number of likely N-dealkylation sites (N-methyl/N-ethyl adjacent to an activating group) is 1. The highest BCUT2D eigenvalue weighted by molar-refractivity contribution is 8.15. The van der Waals surface area contributed by atoms with Gasteiger partial charge in [-0.15, -0.1) is 0 Å². The summed E-state index contributed by atoms with van der Waals surface area (Å²) in [6.07, 6.45) is -2.54. The molecule has 3 aromatic rings. The number of fused-ring (bicyclic) bond motifs is 1. The van der Waals surface area contributed by atoms with E-state index in [9.17, 15) is 0 Å². The van der Waals surface area contributed by atoms with Gasteiger partial charge in [-0.25, -0.2) is 9.35 Å². The molecule has 1 saturated heterocycles. The van der Waals surface area contributed by atoms with E-state index < -0.39 is 6.42 Å². The summed E-state index contributed by atoms with van der Waals surface area (Å²) in [6, 6.07) is 20.1. The number of rotatable bonds is 3. The quantitative estimate of drug-likeness (QED) is 0.588. The lowest BCUT2D eigenvalue weighted by molar-refractivity contribution is 0.221. The van der Waals surface area contributed by atoms with Gasteiger partial charge < -0.3 is 9.42 Å². The van der Waals surface area contributed by atoms with Crippen LogP contribution in [0.3, 0.4) is 0 Å². The van der Waals surface area contributed by atoms with E-state index in [1.807, 2.05) is 72.3 Å². The van der Waals surface area contributed by atoms with Crippen molar-refractivity contribution < 1.29 is 4.52 Å². The Hall–Kier alpha value is -2.31. The van der Waals surface area contributed by atoms with E-state index in [-0.39, 0.29) is 0 Å². The molecule has 3 heterocycles. The third kappa shape index (κ3) is 3.32. The molecule has 1 fully saturated rings. The molecule has 0 N–H and O–H groups in total. The van der Waals surface area contributed by atoms with Crippen molar-refractivity contribution in [2.45, 2.75) is 6.92 Å². The molecule has 0 radical (unpaired) electrons. The summed E-state index contributed by atoms with van der Waals surface area (Å²) in [6.45, 7) is 5.72. The van der Waals surface area contributed by atoms with Crippen LogP contribution in [0.15, 0.2) is 65.7 Å². The number of para-hydroxylation sites is 1. The molecule has 30 heavy (non-hydrogen) atoms. The summed E-state index contributed by atoms with van der Waals surface area (Å²) in [5.74, 6) is 1.38. The van der Waals surface area contributed by atoms with Crippen molar-refractivity contribution >= 4 is 35.2 Å². The monoisotopic (exact) mass is 437 g/mol. The number of aromatic nitrogens is 2. The van der Waals surface area contributed by atoms with Crippen molar-refractivity contribution in [3.8, 4) is 5.69 Å². The molecule has 2 aliphatic heterocycles. The van der Waals surface area contributed by atoms with Gasteiger partial charge in [-0.1, -0.05) is 36.4 Å². The molecule has 0 amide bonds. The standard InChI is InChI=1S/C22H24N5OPS/c1-17-20-21(27(24-17)19-11-7-4-8-12-19)23-22(18-9-5-3-6-10-18)28-29(20,30)26-15-13-25(2)14-16-26/h3-12H,13-16H2,1-2H3. The molecule has 8 heteroatoms. The van der Waals surface area contributed by atoms with Crippen LogP contribution in [-0.4, -0.2) is 58.5 Å². The van der Waals surface area contributed by atoms with Crippen LogP contribution < -0.4 is 5.30 Å². The van der Waals surface area contributed by atoms with Crippen molar-refractivity contribution in [1.82, 2.24) is 19.4 Å². The van der Waals surface area contributed by atoms with Gasteiger partial charge in [0.25, 0.3) is 0 Å². The third-order valence-corrected chi connectivity index (χ3v) is 9.70. The Kier molecular flexibility index (Phi) is 5.07. The lowest BCUT2D eigenvalue weighted by atomic mass is 10.2. The molecular formula is C22H24N5OPS. The van der Waals surface area contributed by atoms with E-state index >= 15 is 0 Å². The number of nitrogens with zero attached hydrogens (tertiary/aromatic N) is 5. The fraction of sp³-hybridized carbons (Fsp3) is 0.273. The van der Waals surface area contributed by atoms with Crippen LogP contribution in [0.2, 0.25) is 0 Å². The lowest BCUT2D eigenvalue weighted by Gasteiger charge is -2.41. The van der Waals surface area contributed by atoms with Crippen molar-refractivity contribution in [3.63, 3.8) is 0 Å². The summed E-state index contributed by atoms with van der Waals surface area (Å²) < 4.78 is 10.9. The van der Waals surface area contributed by atoms with E-state index in [1.54, 1.807) is 0 Å². The Labute approximate surface area is 181 Å². The number of aliphatic imine (C=N–C) groups is 1. The summed E-state index contributed by atoms with van der Waals surface area (Å²) in [4.78, 5) is 7.27. The Morgan fingerprint density at radius 1 is 0.933 bits per heavy atom. The molecule has 1 unspecified atom stereocenters. The summed E-state index contributed by atoms with van der Waals surface area (Å²) in [7, 11) is 2.15. The van der Waals surface area contributed by atoms with E-state index in [2.05, 4.69) is 16.6 Å². The fourth-order valence-corrected chi connectivity index (χ4v) is 7.69. The van der Waals surface area contributed by atoms with Crippen molar-refractivity contribution in [2.24, 2.45) is 4.99 Å². The van der Waals surface area contributed by atoms with Gasteiger partial charge in [0, 0.05) is 31.7 Å². The van der Waals surface area contributed by atoms with Crippen molar-refractivity contribution in [3.05, 3.63) is 71.9 Å². The number of hydrogen-bond donors (Lipinski definition) is 0. The highest BCUT2D eigenvalue weighted by Gasteiger charge is 2.42. The molecule has 1 atom stereocenters. The SMILES string of the molecule is Cc1nn(-c2ccccc2)c2c1P(=S)(N1CCN(C)CC1)OC(c1ccccc1)=N2. The van der Waals surface area contributed by atoms with Gasteiger partial charge in [-0.3, -0.25) is 0 Å². The maximum Gasteiger partial charge on any atom is 0.227 e.